The van der Waals surface area contributed by atoms with E-state index in [-0.39, 0.29) is 5.02 Å². The number of hydrogen-bond donors (Lipinski definition) is 0. The van der Waals surface area contributed by atoms with E-state index in [0.717, 1.165) is 31.5 Å². The molecular weight excluding hydrogens is 300 g/mol. The van der Waals surface area contributed by atoms with Gasteiger partial charge in [0.25, 0.3) is 0 Å². The molecule has 0 N–H and O–H groups in total. The van der Waals surface area contributed by atoms with Gasteiger partial charge in [0, 0.05) is 25.7 Å². The molecule has 0 saturated heterocycles. The fourth-order valence-electron chi connectivity index (χ4n) is 1.59. The number of unbranched alkanes of at least 4 members (excludes halogenated alkanes) is 2. The summed E-state index contributed by atoms with van der Waals surface area (Å²) in [5.74, 6) is 0.976. The van der Waals surface area contributed by atoms with E-state index in [1.165, 1.54) is 0 Å². The van der Waals surface area contributed by atoms with E-state index in [9.17, 15) is 13.2 Å². The molecule has 0 aliphatic heterocycles. The molecule has 0 aliphatic carbocycles. The summed E-state index contributed by atoms with van der Waals surface area (Å²) in [7, 11) is 1.75. The van der Waals surface area contributed by atoms with Gasteiger partial charge < -0.3 is 4.90 Å². The van der Waals surface area contributed by atoms with Gasteiger partial charge >= 0.3 is 6.18 Å². The minimum Gasteiger partial charge on any atom is -0.358 e. The van der Waals surface area contributed by atoms with Crippen molar-refractivity contribution in [1.82, 2.24) is 4.98 Å². The van der Waals surface area contributed by atoms with Crippen molar-refractivity contribution in [2.45, 2.75) is 25.4 Å². The van der Waals surface area contributed by atoms with Gasteiger partial charge in [-0.3, -0.25) is 0 Å². The van der Waals surface area contributed by atoms with E-state index in [4.69, 9.17) is 23.2 Å². The molecule has 0 unspecified atom stereocenters. The number of halogens is 5. The summed E-state index contributed by atoms with van der Waals surface area (Å²) in [6.07, 6.45) is -0.845. The third kappa shape index (κ3) is 5.07. The summed E-state index contributed by atoms with van der Waals surface area (Å²) < 4.78 is 37.4. The molecule has 0 amide bonds. The van der Waals surface area contributed by atoms with E-state index in [0.29, 0.717) is 18.2 Å². The monoisotopic (exact) mass is 314 g/mol. The second-order valence-corrected chi connectivity index (χ2v) is 4.98. The smallest absolute Gasteiger partial charge is 0.358 e. The van der Waals surface area contributed by atoms with Crippen molar-refractivity contribution in [3.05, 3.63) is 22.8 Å². The van der Waals surface area contributed by atoms with Crippen LogP contribution >= 0.6 is 23.2 Å². The van der Waals surface area contributed by atoms with E-state index in [1.54, 1.807) is 11.9 Å². The maximum absolute atomic E-state index is 12.5. The first-order chi connectivity index (χ1) is 8.86. The number of anilines is 1. The first-order valence-electron chi connectivity index (χ1n) is 5.86. The van der Waals surface area contributed by atoms with Crippen LogP contribution in [0, 0.1) is 0 Å². The van der Waals surface area contributed by atoms with Crippen LogP contribution in [0.3, 0.4) is 0 Å². The van der Waals surface area contributed by atoms with Crippen molar-refractivity contribution in [2.24, 2.45) is 0 Å². The Kier molecular flexibility index (Phi) is 6.20. The lowest BCUT2D eigenvalue weighted by Crippen LogP contribution is -2.20. The zero-order chi connectivity index (χ0) is 14.5. The molecule has 108 valence electrons. The Morgan fingerprint density at radius 1 is 1.26 bits per heavy atom. The van der Waals surface area contributed by atoms with Crippen LogP contribution in [0.15, 0.2) is 12.3 Å². The topological polar surface area (TPSA) is 16.1 Å². The lowest BCUT2D eigenvalue weighted by molar-refractivity contribution is -0.137. The Hall–Kier alpha value is -0.680. The van der Waals surface area contributed by atoms with Crippen LogP contribution in [0.4, 0.5) is 19.0 Å². The number of hydrogen-bond acceptors (Lipinski definition) is 2. The average molecular weight is 315 g/mol. The molecule has 1 aromatic rings. The number of aromatic nitrogens is 1. The van der Waals surface area contributed by atoms with Crippen LogP contribution in [0.5, 0.6) is 0 Å². The van der Waals surface area contributed by atoms with Crippen molar-refractivity contribution in [1.29, 1.82) is 0 Å². The van der Waals surface area contributed by atoms with Gasteiger partial charge in [-0.15, -0.1) is 11.6 Å². The third-order valence-corrected chi connectivity index (χ3v) is 3.18. The first-order valence-corrected chi connectivity index (χ1v) is 6.77. The molecule has 0 radical (unpaired) electrons. The summed E-state index contributed by atoms with van der Waals surface area (Å²) >= 11 is 11.4. The van der Waals surface area contributed by atoms with Crippen molar-refractivity contribution >= 4 is 29.0 Å². The van der Waals surface area contributed by atoms with E-state index >= 15 is 0 Å². The van der Waals surface area contributed by atoms with E-state index < -0.39 is 11.7 Å². The molecule has 0 aliphatic rings. The van der Waals surface area contributed by atoms with Gasteiger partial charge in [0.15, 0.2) is 0 Å². The quantitative estimate of drug-likeness (QED) is 0.563. The molecule has 0 bridgehead atoms. The first kappa shape index (κ1) is 16.4. The molecule has 1 rings (SSSR count). The van der Waals surface area contributed by atoms with E-state index in [1.807, 2.05) is 0 Å². The zero-order valence-electron chi connectivity index (χ0n) is 10.5. The number of alkyl halides is 4. The highest BCUT2D eigenvalue weighted by atomic mass is 35.5. The molecule has 0 atom stereocenters. The number of nitrogens with zero attached hydrogens (tertiary/aromatic N) is 2. The van der Waals surface area contributed by atoms with Crippen molar-refractivity contribution < 1.29 is 13.2 Å². The van der Waals surface area contributed by atoms with Gasteiger partial charge in [0.2, 0.25) is 0 Å². The zero-order valence-corrected chi connectivity index (χ0v) is 12.0. The normalized spacial score (nSPS) is 11.7. The molecule has 0 spiro atoms. The van der Waals surface area contributed by atoms with Gasteiger partial charge in [0.05, 0.1) is 10.6 Å². The molecule has 2 nitrogen and oxygen atoms in total. The van der Waals surface area contributed by atoms with Crippen LogP contribution in [0.25, 0.3) is 0 Å². The SMILES string of the molecule is CN(CCCCCCl)c1ncc(C(F)(F)F)cc1Cl. The van der Waals surface area contributed by atoms with Crippen LogP contribution in [-0.2, 0) is 6.18 Å². The van der Waals surface area contributed by atoms with Gasteiger partial charge in [-0.2, -0.15) is 13.2 Å². The minimum atomic E-state index is -4.42. The fourth-order valence-corrected chi connectivity index (χ4v) is 2.09. The van der Waals surface area contributed by atoms with Gasteiger partial charge in [0.1, 0.15) is 5.82 Å². The molecule has 0 aromatic carbocycles. The second-order valence-electron chi connectivity index (χ2n) is 4.20. The third-order valence-electron chi connectivity index (χ3n) is 2.64. The Labute approximate surface area is 120 Å². The highest BCUT2D eigenvalue weighted by molar-refractivity contribution is 6.33. The molecule has 0 fully saturated rings. The van der Waals surface area contributed by atoms with E-state index in [2.05, 4.69) is 4.98 Å². The number of rotatable bonds is 6. The van der Waals surface area contributed by atoms with Gasteiger partial charge in [-0.1, -0.05) is 18.0 Å². The van der Waals surface area contributed by atoms with Crippen molar-refractivity contribution in [2.75, 3.05) is 24.4 Å². The van der Waals surface area contributed by atoms with Crippen molar-refractivity contribution in [3.8, 4) is 0 Å². The fraction of sp³-hybridized carbons (Fsp3) is 0.583. The summed E-state index contributed by atoms with van der Waals surface area (Å²) in [6, 6.07) is 0.902. The summed E-state index contributed by atoms with van der Waals surface area (Å²) in [6.45, 7) is 0.676. The van der Waals surface area contributed by atoms with Gasteiger partial charge in [-0.05, 0) is 18.9 Å². The molecule has 1 heterocycles. The molecule has 7 heteroatoms. The maximum Gasteiger partial charge on any atom is 0.417 e. The lowest BCUT2D eigenvalue weighted by Gasteiger charge is -2.20. The Morgan fingerprint density at radius 3 is 2.47 bits per heavy atom. The van der Waals surface area contributed by atoms with Crippen LogP contribution in [0.1, 0.15) is 24.8 Å². The van der Waals surface area contributed by atoms with Crippen molar-refractivity contribution in [3.63, 3.8) is 0 Å². The maximum atomic E-state index is 12.5. The Morgan fingerprint density at radius 2 is 1.95 bits per heavy atom. The summed E-state index contributed by atoms with van der Waals surface area (Å²) in [4.78, 5) is 5.54. The molecular formula is C12H15Cl2F3N2. The minimum absolute atomic E-state index is 0.00895. The standard InChI is InChI=1S/C12H15Cl2F3N2/c1-19(6-4-2-3-5-13)11-10(14)7-9(8-18-11)12(15,16)17/h7-8H,2-6H2,1H3. The average Bonchev–Trinajstić information content (AvgIpc) is 2.33. The van der Waals surface area contributed by atoms with Crippen LogP contribution in [-0.4, -0.2) is 24.5 Å². The molecule has 0 saturated carbocycles. The van der Waals surface area contributed by atoms with Crippen LogP contribution in [0.2, 0.25) is 5.02 Å². The second kappa shape index (κ2) is 7.20. The highest BCUT2D eigenvalue weighted by Gasteiger charge is 2.31. The Balaban J connectivity index is 2.68. The largest absolute Gasteiger partial charge is 0.417 e. The predicted molar refractivity (Wildman–Crippen MR) is 72.1 cm³/mol. The lowest BCUT2D eigenvalue weighted by atomic mass is 10.2. The molecule has 1 aromatic heterocycles. The number of pyridine rings is 1. The Bertz CT molecular complexity index is 410. The highest BCUT2D eigenvalue weighted by Crippen LogP contribution is 2.33. The van der Waals surface area contributed by atoms with Gasteiger partial charge in [-0.25, -0.2) is 4.98 Å². The molecule has 19 heavy (non-hydrogen) atoms. The van der Waals surface area contributed by atoms with Crippen LogP contribution < -0.4 is 4.90 Å². The summed E-state index contributed by atoms with van der Waals surface area (Å²) in [5, 5.41) is 0.00895. The predicted octanol–water partition coefficient (Wildman–Crippen LogP) is 4.60. The summed E-state index contributed by atoms with van der Waals surface area (Å²) in [5.41, 5.74) is -0.836.